The number of carbonyl (C=O) groups is 1. The number of benzene rings is 2. The van der Waals surface area contributed by atoms with Crippen molar-refractivity contribution >= 4 is 51.1 Å². The zero-order valence-corrected chi connectivity index (χ0v) is 30.5. The lowest BCUT2D eigenvalue weighted by atomic mass is 9.80. The van der Waals surface area contributed by atoms with Gasteiger partial charge >= 0.3 is 6.01 Å². The first-order valence-corrected chi connectivity index (χ1v) is 18.8. The Morgan fingerprint density at radius 2 is 1.96 bits per heavy atom. The molecule has 2 aromatic carbocycles. The normalized spacial score (nSPS) is 23.8. The lowest BCUT2D eigenvalue weighted by molar-refractivity contribution is -0.125. The molecule has 1 aliphatic carbocycles. The molecular formula is C39H39ClF2N8O4. The van der Waals surface area contributed by atoms with Crippen molar-refractivity contribution in [1.82, 2.24) is 34.9 Å². The van der Waals surface area contributed by atoms with E-state index in [-0.39, 0.29) is 47.5 Å². The fourth-order valence-corrected chi connectivity index (χ4v) is 8.87. The molecule has 15 heteroatoms. The number of nitrogens with zero attached hydrogens (tertiary/aromatic N) is 8. The van der Waals surface area contributed by atoms with E-state index in [4.69, 9.17) is 25.8 Å². The van der Waals surface area contributed by atoms with Gasteiger partial charge in [0.25, 0.3) is 5.89 Å². The molecule has 3 aromatic heterocycles. The van der Waals surface area contributed by atoms with Gasteiger partial charge in [0.1, 0.15) is 35.4 Å². The zero-order valence-electron chi connectivity index (χ0n) is 29.7. The summed E-state index contributed by atoms with van der Waals surface area (Å²) in [5.41, 5.74) is -0.856. The van der Waals surface area contributed by atoms with Gasteiger partial charge < -0.3 is 24.2 Å². The molecule has 5 aromatic rings. The van der Waals surface area contributed by atoms with E-state index in [0.717, 1.165) is 31.2 Å². The van der Waals surface area contributed by atoms with Crippen LogP contribution >= 0.6 is 11.6 Å². The molecule has 0 radical (unpaired) electrons. The predicted molar refractivity (Wildman–Crippen MR) is 198 cm³/mol. The van der Waals surface area contributed by atoms with E-state index in [2.05, 4.69) is 25.0 Å². The Labute approximate surface area is 314 Å². The van der Waals surface area contributed by atoms with Crippen LogP contribution in [0.15, 0.2) is 53.2 Å². The number of rotatable bonds is 9. The van der Waals surface area contributed by atoms with Crippen molar-refractivity contribution in [1.29, 1.82) is 0 Å². The number of hydrogen-bond acceptors (Lipinski definition) is 11. The summed E-state index contributed by atoms with van der Waals surface area (Å²) < 4.78 is 43.0. The highest BCUT2D eigenvalue weighted by Crippen LogP contribution is 2.42. The summed E-state index contributed by atoms with van der Waals surface area (Å²) in [4.78, 5) is 37.3. The maximum atomic E-state index is 16.9. The SMILES string of the molecule is CN(c1nc(OC[C@@]23CCCN2C[C@H](F)C3)nc2c(F)c(-c3cccc4cccc(Cl)c34)ncc12)[C@@H]1CCN(C(=O)C=Cc2nc(C3(O)CCC3)no2)C1. The van der Waals surface area contributed by atoms with Crippen molar-refractivity contribution in [2.45, 2.75) is 68.3 Å². The third-order valence-corrected chi connectivity index (χ3v) is 12.1. The van der Waals surface area contributed by atoms with Gasteiger partial charge in [-0.15, -0.1) is 0 Å². The highest BCUT2D eigenvalue weighted by molar-refractivity contribution is 6.36. The summed E-state index contributed by atoms with van der Waals surface area (Å²) in [6, 6.07) is 10.9. The van der Waals surface area contributed by atoms with Gasteiger partial charge in [-0.3, -0.25) is 14.7 Å². The van der Waals surface area contributed by atoms with Crippen LogP contribution in [-0.2, 0) is 10.4 Å². The molecule has 6 heterocycles. The summed E-state index contributed by atoms with van der Waals surface area (Å²) in [5, 5.41) is 16.8. The Bertz CT molecular complexity index is 2300. The molecule has 3 atom stereocenters. The van der Waals surface area contributed by atoms with Gasteiger partial charge in [0, 0.05) is 73.5 Å². The Balaban J connectivity index is 1.02. The minimum Gasteiger partial charge on any atom is -0.461 e. The highest BCUT2D eigenvalue weighted by Gasteiger charge is 2.49. The summed E-state index contributed by atoms with van der Waals surface area (Å²) in [6.45, 7) is 2.20. The first kappa shape index (κ1) is 34.9. The monoisotopic (exact) mass is 756 g/mol. The quantitative estimate of drug-likeness (QED) is 0.175. The first-order chi connectivity index (χ1) is 26.1. The van der Waals surface area contributed by atoms with Crippen LogP contribution in [0, 0.1) is 5.82 Å². The molecule has 1 saturated carbocycles. The van der Waals surface area contributed by atoms with Crippen molar-refractivity contribution in [2.75, 3.05) is 44.7 Å². The van der Waals surface area contributed by atoms with Crippen molar-refractivity contribution in [3.05, 3.63) is 71.2 Å². The number of pyridine rings is 1. The molecule has 3 saturated heterocycles. The third kappa shape index (κ3) is 6.04. The fourth-order valence-electron chi connectivity index (χ4n) is 8.59. The molecule has 0 spiro atoms. The van der Waals surface area contributed by atoms with Gasteiger partial charge in [0.2, 0.25) is 11.7 Å². The predicted octanol–water partition coefficient (Wildman–Crippen LogP) is 6.10. The summed E-state index contributed by atoms with van der Waals surface area (Å²) in [7, 11) is 1.85. The number of halogens is 3. The van der Waals surface area contributed by atoms with E-state index in [1.165, 1.54) is 12.2 Å². The first-order valence-electron chi connectivity index (χ1n) is 18.4. The van der Waals surface area contributed by atoms with Gasteiger partial charge in [-0.05, 0) is 56.5 Å². The van der Waals surface area contributed by atoms with Crippen LogP contribution < -0.4 is 9.64 Å². The van der Waals surface area contributed by atoms with E-state index in [1.807, 2.05) is 36.2 Å². The van der Waals surface area contributed by atoms with Gasteiger partial charge in [-0.1, -0.05) is 47.1 Å². The minimum absolute atomic E-state index is 0.0146. The molecule has 12 nitrogen and oxygen atoms in total. The van der Waals surface area contributed by atoms with Crippen molar-refractivity contribution < 1.29 is 27.9 Å². The van der Waals surface area contributed by atoms with Gasteiger partial charge in [0.05, 0.1) is 10.9 Å². The molecule has 0 bridgehead atoms. The number of alkyl halides is 1. The molecule has 4 aliphatic rings. The number of amides is 1. The topological polar surface area (TPSA) is 134 Å². The number of likely N-dealkylation sites (tertiary alicyclic amines) is 1. The number of fused-ring (bicyclic) bond motifs is 3. The average molecular weight is 757 g/mol. The zero-order chi connectivity index (χ0) is 37.2. The van der Waals surface area contributed by atoms with E-state index in [1.54, 1.807) is 23.2 Å². The van der Waals surface area contributed by atoms with Crippen LogP contribution in [-0.4, -0.2) is 103 Å². The van der Waals surface area contributed by atoms with Crippen LogP contribution in [0.5, 0.6) is 6.01 Å². The van der Waals surface area contributed by atoms with Crippen LogP contribution in [0.2, 0.25) is 5.02 Å². The second-order valence-corrected chi connectivity index (χ2v) is 15.4. The number of carbonyl (C=O) groups excluding carboxylic acids is 1. The molecule has 4 fully saturated rings. The van der Waals surface area contributed by atoms with Gasteiger partial charge in [-0.25, -0.2) is 8.78 Å². The van der Waals surface area contributed by atoms with Gasteiger partial charge in [0.15, 0.2) is 5.82 Å². The standard InChI is InChI=1S/C39H39ClF2N8O4/c1-48(25-12-17-49(21-25)30(51)11-10-29-44-36(47-54-29)39(52)14-4-15-39)35-27-19-43-33(26-8-2-6-23-7-3-9-28(40)31(23)26)32(42)34(27)45-37(46-35)53-22-38-13-5-16-50(38)20-24(41)18-38/h2-3,6-11,19,24-25,52H,4-5,12-18,20-22H2,1H3/t24-,25-,38+/m1/s1. The van der Waals surface area contributed by atoms with Crippen LogP contribution in [0.3, 0.4) is 0 Å². The summed E-state index contributed by atoms with van der Waals surface area (Å²) in [6.07, 6.45) is 8.26. The lowest BCUT2D eigenvalue weighted by Gasteiger charge is -2.32. The Hall–Kier alpha value is -4.79. The fraction of sp³-hybridized carbons (Fsp3) is 0.436. The van der Waals surface area contributed by atoms with E-state index >= 15 is 4.39 Å². The lowest BCUT2D eigenvalue weighted by Crippen LogP contribution is -2.43. The van der Waals surface area contributed by atoms with Crippen LogP contribution in [0.25, 0.3) is 39.0 Å². The second-order valence-electron chi connectivity index (χ2n) is 15.0. The summed E-state index contributed by atoms with van der Waals surface area (Å²) in [5.74, 6) is -0.0983. The third-order valence-electron chi connectivity index (χ3n) is 11.7. The largest absolute Gasteiger partial charge is 0.461 e. The van der Waals surface area contributed by atoms with Crippen molar-refractivity contribution in [2.24, 2.45) is 0 Å². The summed E-state index contributed by atoms with van der Waals surface area (Å²) >= 11 is 6.63. The second kappa shape index (κ2) is 13.5. The Kier molecular flexibility index (Phi) is 8.74. The molecule has 0 unspecified atom stereocenters. The molecule has 1 amide bonds. The number of aliphatic hydroxyl groups is 1. The smallest absolute Gasteiger partial charge is 0.319 e. The molecule has 3 aliphatic heterocycles. The van der Waals surface area contributed by atoms with Crippen LogP contribution in [0.4, 0.5) is 14.6 Å². The average Bonchev–Trinajstić information content (AvgIpc) is 3.97. The number of ether oxygens (including phenoxy) is 1. The van der Waals surface area contributed by atoms with E-state index in [9.17, 15) is 14.3 Å². The van der Waals surface area contributed by atoms with Crippen molar-refractivity contribution in [3.63, 3.8) is 0 Å². The maximum Gasteiger partial charge on any atom is 0.319 e. The molecule has 9 rings (SSSR count). The molecule has 54 heavy (non-hydrogen) atoms. The number of aromatic nitrogens is 5. The number of likely N-dealkylation sites (N-methyl/N-ethyl adjacent to an activating group) is 1. The van der Waals surface area contributed by atoms with E-state index < -0.39 is 23.1 Å². The molecular weight excluding hydrogens is 718 g/mol. The number of hydrogen-bond donors (Lipinski definition) is 1. The number of anilines is 1. The molecule has 1 N–H and O–H groups in total. The Morgan fingerprint density at radius 3 is 2.78 bits per heavy atom. The van der Waals surface area contributed by atoms with Crippen LogP contribution in [0.1, 0.15) is 56.7 Å². The molecule has 280 valence electrons. The van der Waals surface area contributed by atoms with Crippen molar-refractivity contribution in [3.8, 4) is 17.3 Å². The van der Waals surface area contributed by atoms with Gasteiger partial charge in [-0.2, -0.15) is 15.0 Å². The maximum absolute atomic E-state index is 16.9. The van der Waals surface area contributed by atoms with E-state index in [0.29, 0.717) is 72.5 Å². The Morgan fingerprint density at radius 1 is 1.13 bits per heavy atom. The highest BCUT2D eigenvalue weighted by atomic mass is 35.5. The minimum atomic E-state index is -1.06.